The molecule has 0 spiro atoms. The van der Waals surface area contributed by atoms with E-state index in [4.69, 9.17) is 13.9 Å². The minimum Gasteiger partial charge on any atom is -0.486 e. The average Bonchev–Trinajstić information content (AvgIpc) is 2.85. The van der Waals surface area contributed by atoms with Crippen molar-refractivity contribution in [3.8, 4) is 11.5 Å². The third-order valence-corrected chi connectivity index (χ3v) is 5.43. The summed E-state index contributed by atoms with van der Waals surface area (Å²) >= 11 is 0. The quantitative estimate of drug-likeness (QED) is 0.442. The van der Waals surface area contributed by atoms with Crippen molar-refractivity contribution in [1.29, 1.82) is 0 Å². The first kappa shape index (κ1) is 21.3. The summed E-state index contributed by atoms with van der Waals surface area (Å²) in [6.45, 7) is 2.77. The minimum absolute atomic E-state index is 0.311. The first-order valence-corrected chi connectivity index (χ1v) is 10.6. The highest BCUT2D eigenvalue weighted by molar-refractivity contribution is 6.08. The Morgan fingerprint density at radius 2 is 1.50 bits per heavy atom. The Hall–Kier alpha value is -4.59. The van der Waals surface area contributed by atoms with Gasteiger partial charge in [-0.2, -0.15) is 0 Å². The largest absolute Gasteiger partial charge is 0.486 e. The molecule has 0 fully saturated rings. The smallest absolute Gasteiger partial charge is 0.336 e. The zero-order valence-corrected chi connectivity index (χ0v) is 18.2. The van der Waals surface area contributed by atoms with Gasteiger partial charge in [0.25, 0.3) is 11.8 Å². The van der Waals surface area contributed by atoms with Crippen LogP contribution in [-0.4, -0.2) is 25.0 Å². The molecule has 2 N–H and O–H groups in total. The van der Waals surface area contributed by atoms with Gasteiger partial charge in [0.05, 0.1) is 0 Å². The summed E-state index contributed by atoms with van der Waals surface area (Å²) in [5.41, 5.74) is 2.72. The maximum absolute atomic E-state index is 12.9. The van der Waals surface area contributed by atoms with Crippen LogP contribution >= 0.6 is 0 Å². The standard InChI is InChI=1S/C26H20N2O6/c1-15-2-6-19(27-25(30)18-4-8-22-23(13-18)33-11-10-32-22)14-20(15)28-26(31)17-3-7-21-16(12-17)5-9-24(29)34-21/h2-9,12-14H,10-11H2,1H3,(H,27,30)(H,28,31). The van der Waals surface area contributed by atoms with Gasteiger partial charge in [0.1, 0.15) is 18.8 Å². The first-order chi connectivity index (χ1) is 16.5. The first-order valence-electron chi connectivity index (χ1n) is 10.6. The molecular formula is C26H20N2O6. The maximum atomic E-state index is 12.9. The summed E-state index contributed by atoms with van der Waals surface area (Å²) in [5, 5.41) is 6.37. The number of ether oxygens (including phenoxy) is 2. The van der Waals surface area contributed by atoms with E-state index in [9.17, 15) is 14.4 Å². The number of carbonyl (C=O) groups excluding carboxylic acids is 2. The number of fused-ring (bicyclic) bond motifs is 2. The molecule has 0 atom stereocenters. The number of hydrogen-bond acceptors (Lipinski definition) is 6. The molecule has 4 aromatic rings. The fourth-order valence-electron chi connectivity index (χ4n) is 3.63. The Morgan fingerprint density at radius 1 is 0.765 bits per heavy atom. The Kier molecular flexibility index (Phi) is 5.47. The molecule has 1 aliphatic heterocycles. The van der Waals surface area contributed by atoms with Crippen molar-refractivity contribution in [1.82, 2.24) is 0 Å². The lowest BCUT2D eigenvalue weighted by atomic mass is 10.1. The van der Waals surface area contributed by atoms with Crippen LogP contribution in [0.15, 0.2) is 75.9 Å². The van der Waals surface area contributed by atoms with Gasteiger partial charge in [0.15, 0.2) is 11.5 Å². The van der Waals surface area contributed by atoms with Gasteiger partial charge >= 0.3 is 5.63 Å². The van der Waals surface area contributed by atoms with Crippen LogP contribution in [0, 0.1) is 6.92 Å². The van der Waals surface area contributed by atoms with Crippen molar-refractivity contribution in [2.24, 2.45) is 0 Å². The van der Waals surface area contributed by atoms with Gasteiger partial charge in [-0.05, 0) is 67.1 Å². The van der Waals surface area contributed by atoms with E-state index in [0.29, 0.717) is 58.2 Å². The van der Waals surface area contributed by atoms with Crippen LogP contribution in [0.1, 0.15) is 26.3 Å². The van der Waals surface area contributed by atoms with Gasteiger partial charge in [-0.1, -0.05) is 6.07 Å². The van der Waals surface area contributed by atoms with E-state index in [1.54, 1.807) is 54.6 Å². The summed E-state index contributed by atoms with van der Waals surface area (Å²) in [7, 11) is 0. The molecule has 170 valence electrons. The second-order valence-corrected chi connectivity index (χ2v) is 7.80. The topological polar surface area (TPSA) is 107 Å². The number of anilines is 2. The fourth-order valence-corrected chi connectivity index (χ4v) is 3.63. The normalized spacial score (nSPS) is 12.3. The van der Waals surface area contributed by atoms with Gasteiger partial charge in [-0.3, -0.25) is 9.59 Å². The van der Waals surface area contributed by atoms with Crippen LogP contribution in [-0.2, 0) is 0 Å². The summed E-state index contributed by atoms with van der Waals surface area (Å²) in [5.74, 6) is 0.505. The second kappa shape index (κ2) is 8.74. The minimum atomic E-state index is -0.449. The van der Waals surface area contributed by atoms with Crippen molar-refractivity contribution in [3.05, 3.63) is 93.8 Å². The molecule has 0 bridgehead atoms. The van der Waals surface area contributed by atoms with Crippen LogP contribution < -0.4 is 25.7 Å². The molecule has 8 heteroatoms. The van der Waals surface area contributed by atoms with Crippen LogP contribution in [0.3, 0.4) is 0 Å². The zero-order valence-electron chi connectivity index (χ0n) is 18.2. The van der Waals surface area contributed by atoms with E-state index >= 15 is 0 Å². The van der Waals surface area contributed by atoms with Crippen molar-refractivity contribution in [3.63, 3.8) is 0 Å². The van der Waals surface area contributed by atoms with Crippen molar-refractivity contribution in [2.75, 3.05) is 23.8 Å². The lowest BCUT2D eigenvalue weighted by Crippen LogP contribution is -2.17. The molecule has 2 heterocycles. The Morgan fingerprint density at radius 3 is 2.35 bits per heavy atom. The lowest BCUT2D eigenvalue weighted by molar-refractivity contribution is 0.101. The summed E-state index contributed by atoms with van der Waals surface area (Å²) in [4.78, 5) is 37.0. The monoisotopic (exact) mass is 456 g/mol. The molecule has 0 aliphatic carbocycles. The number of hydrogen-bond donors (Lipinski definition) is 2. The third kappa shape index (κ3) is 4.33. The van der Waals surface area contributed by atoms with Gasteiger partial charge in [0, 0.05) is 34.0 Å². The van der Waals surface area contributed by atoms with Crippen LogP contribution in [0.4, 0.5) is 11.4 Å². The number of carbonyl (C=O) groups is 2. The Bertz CT molecular complexity index is 1490. The molecular weight excluding hydrogens is 436 g/mol. The van der Waals surface area contributed by atoms with Crippen molar-refractivity contribution >= 4 is 34.2 Å². The molecule has 0 saturated heterocycles. The molecule has 0 unspecified atom stereocenters. The molecule has 5 rings (SSSR count). The highest BCUT2D eigenvalue weighted by atomic mass is 16.6. The molecule has 0 radical (unpaired) electrons. The zero-order chi connectivity index (χ0) is 23.7. The van der Waals surface area contributed by atoms with Crippen molar-refractivity contribution in [2.45, 2.75) is 6.92 Å². The van der Waals surface area contributed by atoms with E-state index < -0.39 is 5.63 Å². The fraction of sp³-hybridized carbons (Fsp3) is 0.115. The molecule has 0 saturated carbocycles. The molecule has 8 nitrogen and oxygen atoms in total. The molecule has 3 aromatic carbocycles. The maximum Gasteiger partial charge on any atom is 0.336 e. The average molecular weight is 456 g/mol. The van der Waals surface area contributed by atoms with Gasteiger partial charge in [-0.25, -0.2) is 4.79 Å². The number of nitrogens with one attached hydrogen (secondary N) is 2. The van der Waals surface area contributed by atoms with Crippen LogP contribution in [0.2, 0.25) is 0 Å². The predicted octanol–water partition coefficient (Wildman–Crippen LogP) is 4.38. The van der Waals surface area contributed by atoms with E-state index in [1.807, 2.05) is 13.0 Å². The molecule has 2 amide bonds. The number of rotatable bonds is 4. The van der Waals surface area contributed by atoms with Gasteiger partial charge < -0.3 is 24.5 Å². The molecule has 1 aliphatic rings. The highest BCUT2D eigenvalue weighted by Crippen LogP contribution is 2.31. The third-order valence-electron chi connectivity index (χ3n) is 5.43. The molecule has 1 aromatic heterocycles. The number of benzene rings is 3. The Labute approximate surface area is 194 Å². The highest BCUT2D eigenvalue weighted by Gasteiger charge is 2.16. The summed E-state index contributed by atoms with van der Waals surface area (Å²) in [6, 6.07) is 18.0. The van der Waals surface area contributed by atoms with E-state index in [-0.39, 0.29) is 11.8 Å². The van der Waals surface area contributed by atoms with E-state index in [0.717, 1.165) is 5.56 Å². The van der Waals surface area contributed by atoms with Crippen LogP contribution in [0.25, 0.3) is 11.0 Å². The summed E-state index contributed by atoms with van der Waals surface area (Å²) in [6.07, 6.45) is 0. The van der Waals surface area contributed by atoms with Crippen molar-refractivity contribution < 1.29 is 23.5 Å². The van der Waals surface area contributed by atoms with E-state index in [2.05, 4.69) is 10.6 Å². The van der Waals surface area contributed by atoms with Crippen LogP contribution in [0.5, 0.6) is 11.5 Å². The van der Waals surface area contributed by atoms with Gasteiger partial charge in [0.2, 0.25) is 0 Å². The number of amides is 2. The Balaban J connectivity index is 1.33. The lowest BCUT2D eigenvalue weighted by Gasteiger charge is -2.18. The van der Waals surface area contributed by atoms with Gasteiger partial charge in [-0.15, -0.1) is 0 Å². The van der Waals surface area contributed by atoms with E-state index in [1.165, 1.54) is 6.07 Å². The molecule has 34 heavy (non-hydrogen) atoms. The SMILES string of the molecule is Cc1ccc(NC(=O)c2ccc3c(c2)OCCO3)cc1NC(=O)c1ccc2oc(=O)ccc2c1. The predicted molar refractivity (Wildman–Crippen MR) is 127 cm³/mol. The summed E-state index contributed by atoms with van der Waals surface area (Å²) < 4.78 is 16.1. The second-order valence-electron chi connectivity index (χ2n) is 7.80. The number of aryl methyl sites for hydroxylation is 1.